The number of benzene rings is 1. The van der Waals surface area contributed by atoms with Crippen molar-refractivity contribution in [3.63, 3.8) is 0 Å². The second kappa shape index (κ2) is 4.88. The average Bonchev–Trinajstić information content (AvgIpc) is 2.15. The molecule has 0 saturated carbocycles. The largest absolute Gasteiger partial charge is 0.490 e. The molecule has 0 aromatic heterocycles. The van der Waals surface area contributed by atoms with Crippen LogP contribution in [0.2, 0.25) is 0 Å². The normalized spacial score (nSPS) is 9.86. The summed E-state index contributed by atoms with van der Waals surface area (Å²) in [6, 6.07) is 3.88. The molecule has 1 aromatic carbocycles. The molecular formula is C9H10FNO2S. The Kier molecular flexibility index (Phi) is 3.79. The lowest BCUT2D eigenvalue weighted by Crippen LogP contribution is -2.13. The van der Waals surface area contributed by atoms with E-state index in [9.17, 15) is 4.39 Å². The summed E-state index contributed by atoms with van der Waals surface area (Å²) in [4.78, 5) is 0.0671. The summed E-state index contributed by atoms with van der Waals surface area (Å²) in [6.07, 6.45) is 0. The van der Waals surface area contributed by atoms with Crippen LogP contribution in [0.4, 0.5) is 4.39 Å². The van der Waals surface area contributed by atoms with E-state index in [4.69, 9.17) is 27.8 Å². The molecule has 0 aliphatic rings. The third kappa shape index (κ3) is 2.65. The minimum atomic E-state index is -0.427. The first-order valence-electron chi connectivity index (χ1n) is 3.98. The summed E-state index contributed by atoms with van der Waals surface area (Å²) in [7, 11) is 0. The molecule has 0 atom stereocenters. The van der Waals surface area contributed by atoms with Crippen LogP contribution in [0.3, 0.4) is 0 Å². The lowest BCUT2D eigenvalue weighted by atomic mass is 10.2. The maximum Gasteiger partial charge on any atom is 0.129 e. The number of hydrogen-bond donors (Lipinski definition) is 2. The van der Waals surface area contributed by atoms with E-state index in [1.807, 2.05) is 0 Å². The Labute approximate surface area is 86.3 Å². The fourth-order valence-corrected chi connectivity index (χ4v) is 1.14. The van der Waals surface area contributed by atoms with Gasteiger partial charge in [-0.1, -0.05) is 12.2 Å². The molecule has 0 amide bonds. The average molecular weight is 215 g/mol. The Morgan fingerprint density at radius 2 is 2.29 bits per heavy atom. The van der Waals surface area contributed by atoms with Gasteiger partial charge in [0, 0.05) is 0 Å². The van der Waals surface area contributed by atoms with Gasteiger partial charge in [-0.15, -0.1) is 0 Å². The van der Waals surface area contributed by atoms with E-state index in [2.05, 4.69) is 0 Å². The maximum absolute atomic E-state index is 12.8. The first kappa shape index (κ1) is 10.9. The van der Waals surface area contributed by atoms with Crippen LogP contribution in [0.25, 0.3) is 0 Å². The minimum absolute atomic E-state index is 0.0671. The number of thiocarbonyl (C=S) groups is 1. The van der Waals surface area contributed by atoms with Crippen molar-refractivity contribution in [2.75, 3.05) is 13.2 Å². The Hall–Kier alpha value is -1.20. The van der Waals surface area contributed by atoms with Crippen molar-refractivity contribution >= 4 is 17.2 Å². The SMILES string of the molecule is NC(=S)c1cc(F)ccc1OCCO. The number of ether oxygens (including phenoxy) is 1. The zero-order valence-corrected chi connectivity index (χ0v) is 8.18. The quantitative estimate of drug-likeness (QED) is 0.730. The molecular weight excluding hydrogens is 205 g/mol. The fraction of sp³-hybridized carbons (Fsp3) is 0.222. The summed E-state index contributed by atoms with van der Waals surface area (Å²) in [5, 5.41) is 8.55. The summed E-state index contributed by atoms with van der Waals surface area (Å²) in [5.74, 6) is -0.0444. The molecule has 3 N–H and O–H groups in total. The van der Waals surface area contributed by atoms with Crippen LogP contribution in [0.5, 0.6) is 5.75 Å². The van der Waals surface area contributed by atoms with Crippen LogP contribution in [0, 0.1) is 5.82 Å². The first-order chi connectivity index (χ1) is 6.65. The number of nitrogens with two attached hydrogens (primary N) is 1. The first-order valence-corrected chi connectivity index (χ1v) is 4.39. The Bertz CT molecular complexity index is 344. The number of aliphatic hydroxyl groups is 1. The highest BCUT2D eigenvalue weighted by atomic mass is 32.1. The zero-order valence-electron chi connectivity index (χ0n) is 7.37. The number of hydrogen-bond acceptors (Lipinski definition) is 3. The lowest BCUT2D eigenvalue weighted by molar-refractivity contribution is 0.201. The van der Waals surface area contributed by atoms with Gasteiger partial charge in [-0.25, -0.2) is 4.39 Å². The van der Waals surface area contributed by atoms with E-state index < -0.39 is 5.82 Å². The third-order valence-corrected chi connectivity index (χ3v) is 1.78. The fourth-order valence-electron chi connectivity index (χ4n) is 0.976. The summed E-state index contributed by atoms with van der Waals surface area (Å²) >= 11 is 4.73. The van der Waals surface area contributed by atoms with E-state index in [1.54, 1.807) is 0 Å². The Morgan fingerprint density at radius 3 is 2.86 bits per heavy atom. The van der Waals surface area contributed by atoms with Gasteiger partial charge in [0.1, 0.15) is 23.2 Å². The molecule has 0 saturated heterocycles. The van der Waals surface area contributed by atoms with Gasteiger partial charge in [0.25, 0.3) is 0 Å². The number of halogens is 1. The van der Waals surface area contributed by atoms with Crippen LogP contribution in [0.15, 0.2) is 18.2 Å². The second-order valence-corrected chi connectivity index (χ2v) is 3.02. The molecule has 0 aliphatic heterocycles. The van der Waals surface area contributed by atoms with Gasteiger partial charge in [0.15, 0.2) is 0 Å². The van der Waals surface area contributed by atoms with Crippen molar-refractivity contribution in [1.82, 2.24) is 0 Å². The van der Waals surface area contributed by atoms with Crippen LogP contribution in [-0.4, -0.2) is 23.3 Å². The van der Waals surface area contributed by atoms with Crippen LogP contribution in [-0.2, 0) is 0 Å². The van der Waals surface area contributed by atoms with E-state index in [0.717, 1.165) is 0 Å². The van der Waals surface area contributed by atoms with E-state index in [-0.39, 0.29) is 18.2 Å². The van der Waals surface area contributed by atoms with Crippen LogP contribution >= 0.6 is 12.2 Å². The summed E-state index contributed by atoms with van der Waals surface area (Å²) in [6.45, 7) is 0.00932. The van der Waals surface area contributed by atoms with Gasteiger partial charge < -0.3 is 15.6 Å². The van der Waals surface area contributed by atoms with Crippen molar-refractivity contribution in [3.8, 4) is 5.75 Å². The van der Waals surface area contributed by atoms with E-state index in [0.29, 0.717) is 11.3 Å². The van der Waals surface area contributed by atoms with Gasteiger partial charge in [0.05, 0.1) is 12.2 Å². The van der Waals surface area contributed by atoms with Crippen molar-refractivity contribution in [1.29, 1.82) is 0 Å². The lowest BCUT2D eigenvalue weighted by Gasteiger charge is -2.09. The molecule has 5 heteroatoms. The highest BCUT2D eigenvalue weighted by molar-refractivity contribution is 7.80. The van der Waals surface area contributed by atoms with E-state index in [1.165, 1.54) is 18.2 Å². The minimum Gasteiger partial charge on any atom is -0.490 e. The topological polar surface area (TPSA) is 55.5 Å². The van der Waals surface area contributed by atoms with Gasteiger partial charge >= 0.3 is 0 Å². The molecule has 0 bridgehead atoms. The molecule has 76 valence electrons. The second-order valence-electron chi connectivity index (χ2n) is 2.58. The molecule has 0 unspecified atom stereocenters. The molecule has 0 radical (unpaired) electrons. The van der Waals surface area contributed by atoms with Crippen molar-refractivity contribution in [2.45, 2.75) is 0 Å². The summed E-state index contributed by atoms with van der Waals surface area (Å²) in [5.41, 5.74) is 5.72. The standard InChI is InChI=1S/C9H10FNO2S/c10-6-1-2-8(13-4-3-12)7(5-6)9(11)14/h1-2,5,12H,3-4H2,(H2,11,14). The maximum atomic E-state index is 12.8. The number of aliphatic hydroxyl groups excluding tert-OH is 1. The smallest absolute Gasteiger partial charge is 0.129 e. The Balaban J connectivity index is 2.96. The van der Waals surface area contributed by atoms with Crippen LogP contribution in [0.1, 0.15) is 5.56 Å². The number of rotatable bonds is 4. The molecule has 3 nitrogen and oxygen atoms in total. The zero-order chi connectivity index (χ0) is 10.6. The van der Waals surface area contributed by atoms with Crippen molar-refractivity contribution in [3.05, 3.63) is 29.6 Å². The van der Waals surface area contributed by atoms with Gasteiger partial charge in [0.2, 0.25) is 0 Å². The van der Waals surface area contributed by atoms with Gasteiger partial charge in [-0.05, 0) is 18.2 Å². The monoisotopic (exact) mass is 215 g/mol. The van der Waals surface area contributed by atoms with Gasteiger partial charge in [-0.2, -0.15) is 0 Å². The molecule has 1 rings (SSSR count). The Morgan fingerprint density at radius 1 is 1.57 bits per heavy atom. The predicted octanol–water partition coefficient (Wildman–Crippen LogP) is 0.831. The molecule has 0 fully saturated rings. The molecule has 0 aliphatic carbocycles. The molecule has 14 heavy (non-hydrogen) atoms. The molecule has 0 heterocycles. The van der Waals surface area contributed by atoms with Crippen LogP contribution < -0.4 is 10.5 Å². The molecule has 0 spiro atoms. The van der Waals surface area contributed by atoms with Gasteiger partial charge in [-0.3, -0.25) is 0 Å². The predicted molar refractivity (Wildman–Crippen MR) is 54.9 cm³/mol. The van der Waals surface area contributed by atoms with Crippen molar-refractivity contribution in [2.24, 2.45) is 5.73 Å². The summed E-state index contributed by atoms with van der Waals surface area (Å²) < 4.78 is 17.9. The highest BCUT2D eigenvalue weighted by Gasteiger charge is 2.07. The molecule has 1 aromatic rings. The van der Waals surface area contributed by atoms with E-state index >= 15 is 0 Å². The van der Waals surface area contributed by atoms with Crippen molar-refractivity contribution < 1.29 is 14.2 Å². The third-order valence-electron chi connectivity index (χ3n) is 1.56. The highest BCUT2D eigenvalue weighted by Crippen LogP contribution is 2.19.